The molecule has 0 atom stereocenters. The van der Waals surface area contributed by atoms with E-state index in [1.54, 1.807) is 19.1 Å². The van der Waals surface area contributed by atoms with Crippen LogP contribution in [0.5, 0.6) is 11.5 Å². The number of carbonyl (C=O) groups is 1. The molecule has 162 valence electrons. The number of carbonyl (C=O) groups excluding carboxylic acids is 1. The molecule has 0 aliphatic carbocycles. The van der Waals surface area contributed by atoms with Gasteiger partial charge >= 0.3 is 5.97 Å². The molecule has 3 nitrogen and oxygen atoms in total. The van der Waals surface area contributed by atoms with Gasteiger partial charge in [0.15, 0.2) is 11.6 Å². The van der Waals surface area contributed by atoms with E-state index in [1.807, 2.05) is 12.1 Å². The third-order valence-electron chi connectivity index (χ3n) is 4.77. The smallest absolute Gasteiger partial charge is 0.343 e. The standard InChI is InChI=1S/C25H23F3O3/c1-3-5-16-6-8-18(9-7-16)25(29)31-19-12-10-17(11-13-19)20-14-15-21(30-4-2)23(26)22(20)24(27)28/h6-15,24H,3-5H2,1-2H3. The zero-order chi connectivity index (χ0) is 22.4. The van der Waals surface area contributed by atoms with Gasteiger partial charge in [0.2, 0.25) is 0 Å². The van der Waals surface area contributed by atoms with Crippen LogP contribution in [0.15, 0.2) is 60.7 Å². The van der Waals surface area contributed by atoms with Gasteiger partial charge < -0.3 is 9.47 Å². The molecule has 0 N–H and O–H groups in total. The van der Waals surface area contributed by atoms with Gasteiger partial charge in [-0.2, -0.15) is 0 Å². The number of rotatable bonds is 8. The minimum atomic E-state index is -3.01. The molecule has 31 heavy (non-hydrogen) atoms. The Kier molecular flexibility index (Phi) is 7.34. The van der Waals surface area contributed by atoms with Gasteiger partial charge in [0, 0.05) is 0 Å². The summed E-state index contributed by atoms with van der Waals surface area (Å²) in [6.45, 7) is 3.90. The molecule has 3 aromatic rings. The van der Waals surface area contributed by atoms with E-state index >= 15 is 0 Å². The number of aryl methyl sites for hydroxylation is 1. The Morgan fingerprint density at radius 1 is 0.935 bits per heavy atom. The topological polar surface area (TPSA) is 35.5 Å². The van der Waals surface area contributed by atoms with Crippen molar-refractivity contribution in [1.29, 1.82) is 0 Å². The van der Waals surface area contributed by atoms with Crippen LogP contribution in [0.25, 0.3) is 11.1 Å². The summed E-state index contributed by atoms with van der Waals surface area (Å²) < 4.78 is 52.0. The highest BCUT2D eigenvalue weighted by Crippen LogP contribution is 2.37. The minimum Gasteiger partial charge on any atom is -0.491 e. The van der Waals surface area contributed by atoms with Gasteiger partial charge in [0.1, 0.15) is 5.75 Å². The van der Waals surface area contributed by atoms with Gasteiger partial charge in [0.25, 0.3) is 6.43 Å². The molecule has 0 radical (unpaired) electrons. The summed E-state index contributed by atoms with van der Waals surface area (Å²) in [4.78, 5) is 12.3. The molecule has 3 rings (SSSR count). The molecule has 3 aromatic carbocycles. The Morgan fingerprint density at radius 2 is 1.61 bits per heavy atom. The summed E-state index contributed by atoms with van der Waals surface area (Å²) in [5, 5.41) is 0. The summed E-state index contributed by atoms with van der Waals surface area (Å²) in [6, 6.07) is 15.9. The maximum absolute atomic E-state index is 14.5. The van der Waals surface area contributed by atoms with E-state index in [4.69, 9.17) is 9.47 Å². The third-order valence-corrected chi connectivity index (χ3v) is 4.77. The lowest BCUT2D eigenvalue weighted by Crippen LogP contribution is -2.08. The van der Waals surface area contributed by atoms with Gasteiger partial charge in [-0.15, -0.1) is 0 Å². The van der Waals surface area contributed by atoms with Crippen LogP contribution in [0.1, 0.15) is 48.2 Å². The van der Waals surface area contributed by atoms with E-state index < -0.39 is 23.8 Å². The van der Waals surface area contributed by atoms with Crippen molar-refractivity contribution in [2.45, 2.75) is 33.1 Å². The van der Waals surface area contributed by atoms with Crippen LogP contribution in [-0.4, -0.2) is 12.6 Å². The van der Waals surface area contributed by atoms with E-state index in [-0.39, 0.29) is 23.7 Å². The SMILES string of the molecule is CCCc1ccc(C(=O)Oc2ccc(-c3ccc(OCC)c(F)c3C(F)F)cc2)cc1. The maximum atomic E-state index is 14.5. The van der Waals surface area contributed by atoms with Crippen LogP contribution >= 0.6 is 0 Å². The van der Waals surface area contributed by atoms with E-state index in [9.17, 15) is 18.0 Å². The van der Waals surface area contributed by atoms with Gasteiger partial charge in [-0.25, -0.2) is 18.0 Å². The Morgan fingerprint density at radius 3 is 2.19 bits per heavy atom. The fraction of sp³-hybridized carbons (Fsp3) is 0.240. The molecule has 0 bridgehead atoms. The number of hydrogen-bond acceptors (Lipinski definition) is 3. The molecular weight excluding hydrogens is 405 g/mol. The van der Waals surface area contributed by atoms with Crippen molar-refractivity contribution in [2.24, 2.45) is 0 Å². The zero-order valence-corrected chi connectivity index (χ0v) is 17.3. The number of hydrogen-bond donors (Lipinski definition) is 0. The summed E-state index contributed by atoms with van der Waals surface area (Å²) in [6.07, 6.45) is -1.06. The first kappa shape index (κ1) is 22.4. The summed E-state index contributed by atoms with van der Waals surface area (Å²) >= 11 is 0. The first-order valence-corrected chi connectivity index (χ1v) is 10.1. The predicted octanol–water partition coefficient (Wildman–Crippen LogP) is 7.00. The van der Waals surface area contributed by atoms with Crippen LogP contribution in [0.3, 0.4) is 0 Å². The number of benzene rings is 3. The van der Waals surface area contributed by atoms with Crippen LogP contribution in [-0.2, 0) is 6.42 Å². The van der Waals surface area contributed by atoms with E-state index in [0.717, 1.165) is 18.4 Å². The maximum Gasteiger partial charge on any atom is 0.343 e. The van der Waals surface area contributed by atoms with Crippen molar-refractivity contribution in [2.75, 3.05) is 6.61 Å². The molecule has 0 fully saturated rings. The van der Waals surface area contributed by atoms with Crippen molar-refractivity contribution < 1.29 is 27.4 Å². The van der Waals surface area contributed by atoms with Crippen LogP contribution in [0, 0.1) is 5.82 Å². The van der Waals surface area contributed by atoms with E-state index in [0.29, 0.717) is 11.1 Å². The van der Waals surface area contributed by atoms with Crippen LogP contribution < -0.4 is 9.47 Å². The zero-order valence-electron chi connectivity index (χ0n) is 17.3. The summed E-state index contributed by atoms with van der Waals surface area (Å²) in [5.41, 5.74) is 1.27. The first-order valence-electron chi connectivity index (χ1n) is 10.1. The van der Waals surface area contributed by atoms with Crippen molar-refractivity contribution in [3.05, 3.63) is 83.2 Å². The highest BCUT2D eigenvalue weighted by atomic mass is 19.3. The number of ether oxygens (including phenoxy) is 2. The minimum absolute atomic E-state index is 0.0559. The number of esters is 1. The van der Waals surface area contributed by atoms with E-state index in [1.165, 1.54) is 36.4 Å². The summed E-state index contributed by atoms with van der Waals surface area (Å²) in [5.74, 6) is -1.54. The lowest BCUT2D eigenvalue weighted by atomic mass is 9.99. The first-order chi connectivity index (χ1) is 14.9. The van der Waals surface area contributed by atoms with Crippen molar-refractivity contribution in [3.63, 3.8) is 0 Å². The van der Waals surface area contributed by atoms with Crippen molar-refractivity contribution in [1.82, 2.24) is 0 Å². The lowest BCUT2D eigenvalue weighted by molar-refractivity contribution is 0.0734. The normalized spacial score (nSPS) is 10.9. The van der Waals surface area contributed by atoms with E-state index in [2.05, 4.69) is 6.92 Å². The Bertz CT molecular complexity index is 1030. The van der Waals surface area contributed by atoms with Crippen LogP contribution in [0.2, 0.25) is 0 Å². The monoisotopic (exact) mass is 428 g/mol. The quantitative estimate of drug-likeness (QED) is 0.286. The molecule has 0 unspecified atom stereocenters. The van der Waals surface area contributed by atoms with Gasteiger partial charge in [-0.3, -0.25) is 0 Å². The number of alkyl halides is 2. The van der Waals surface area contributed by atoms with Crippen molar-refractivity contribution in [3.8, 4) is 22.6 Å². The predicted molar refractivity (Wildman–Crippen MR) is 113 cm³/mol. The molecule has 0 aliphatic heterocycles. The second-order valence-electron chi connectivity index (χ2n) is 6.93. The molecule has 0 saturated carbocycles. The van der Waals surface area contributed by atoms with Crippen molar-refractivity contribution >= 4 is 5.97 Å². The highest BCUT2D eigenvalue weighted by Gasteiger charge is 2.23. The van der Waals surface area contributed by atoms with Crippen LogP contribution in [0.4, 0.5) is 13.2 Å². The molecular formula is C25H23F3O3. The molecule has 0 aromatic heterocycles. The fourth-order valence-electron chi connectivity index (χ4n) is 3.27. The largest absolute Gasteiger partial charge is 0.491 e. The molecule has 0 saturated heterocycles. The lowest BCUT2D eigenvalue weighted by Gasteiger charge is -2.14. The Labute approximate surface area is 179 Å². The average Bonchev–Trinajstić information content (AvgIpc) is 2.76. The van der Waals surface area contributed by atoms with Gasteiger partial charge in [-0.05, 0) is 66.4 Å². The molecule has 6 heteroatoms. The second-order valence-corrected chi connectivity index (χ2v) is 6.93. The molecule has 0 aliphatic rings. The van der Waals surface area contributed by atoms with Gasteiger partial charge in [0.05, 0.1) is 17.7 Å². The molecule has 0 spiro atoms. The third kappa shape index (κ3) is 5.26. The highest BCUT2D eigenvalue weighted by molar-refractivity contribution is 5.91. The Hall–Kier alpha value is -3.28. The second kappa shape index (κ2) is 10.2. The average molecular weight is 428 g/mol. The Balaban J connectivity index is 1.80. The fourth-order valence-corrected chi connectivity index (χ4v) is 3.27. The molecule has 0 amide bonds. The number of halogens is 3. The molecule has 0 heterocycles. The van der Waals surface area contributed by atoms with Gasteiger partial charge in [-0.1, -0.05) is 37.6 Å². The summed E-state index contributed by atoms with van der Waals surface area (Å²) in [7, 11) is 0.